The van der Waals surface area contributed by atoms with Crippen molar-refractivity contribution in [3.63, 3.8) is 0 Å². The summed E-state index contributed by atoms with van der Waals surface area (Å²) in [4.78, 5) is 34.3. The summed E-state index contributed by atoms with van der Waals surface area (Å²) in [5.41, 5.74) is 7.52. The minimum atomic E-state index is -1.18. The molecule has 7 heteroatoms. The predicted octanol–water partition coefficient (Wildman–Crippen LogP) is 0.479. The zero-order valence-corrected chi connectivity index (χ0v) is 13.5. The lowest BCUT2D eigenvalue weighted by molar-refractivity contribution is -0.139. The molecular weight excluding hydrogens is 298 g/mol. The number of rotatable bonds is 7. The van der Waals surface area contributed by atoms with E-state index in [1.165, 1.54) is 6.92 Å². The second kappa shape index (κ2) is 8.28. The SMILES string of the molecule is Cc1ccc([C@@H](C)NC(=O)[C@@H](C)NC(=O)[C@@H](N)CC(=O)O)cc1. The average molecular weight is 321 g/mol. The van der Waals surface area contributed by atoms with Crippen molar-refractivity contribution in [2.24, 2.45) is 5.73 Å². The van der Waals surface area contributed by atoms with Gasteiger partial charge in [0.2, 0.25) is 11.8 Å². The second-order valence-electron chi connectivity index (χ2n) is 5.58. The minimum absolute atomic E-state index is 0.213. The van der Waals surface area contributed by atoms with Gasteiger partial charge in [-0.3, -0.25) is 14.4 Å². The molecule has 0 spiro atoms. The van der Waals surface area contributed by atoms with E-state index in [9.17, 15) is 14.4 Å². The number of aliphatic carboxylic acids is 1. The molecule has 0 aliphatic rings. The Bertz CT molecular complexity index is 571. The largest absolute Gasteiger partial charge is 0.481 e. The number of carbonyl (C=O) groups is 3. The van der Waals surface area contributed by atoms with Crippen LogP contribution in [-0.2, 0) is 14.4 Å². The maximum Gasteiger partial charge on any atom is 0.305 e. The highest BCUT2D eigenvalue weighted by atomic mass is 16.4. The zero-order chi connectivity index (χ0) is 17.6. The molecule has 7 nitrogen and oxygen atoms in total. The third-order valence-corrected chi connectivity index (χ3v) is 3.42. The zero-order valence-electron chi connectivity index (χ0n) is 13.5. The van der Waals surface area contributed by atoms with Crippen molar-refractivity contribution in [1.82, 2.24) is 10.6 Å². The number of hydrogen-bond donors (Lipinski definition) is 4. The van der Waals surface area contributed by atoms with Gasteiger partial charge >= 0.3 is 5.97 Å². The first-order chi connectivity index (χ1) is 10.7. The van der Waals surface area contributed by atoms with Gasteiger partial charge in [-0.2, -0.15) is 0 Å². The first-order valence-corrected chi connectivity index (χ1v) is 7.35. The first-order valence-electron chi connectivity index (χ1n) is 7.35. The molecule has 0 bridgehead atoms. The molecule has 0 saturated heterocycles. The van der Waals surface area contributed by atoms with Crippen LogP contribution in [0.15, 0.2) is 24.3 Å². The van der Waals surface area contributed by atoms with Crippen LogP contribution in [0.25, 0.3) is 0 Å². The monoisotopic (exact) mass is 321 g/mol. The quantitative estimate of drug-likeness (QED) is 0.582. The Kier molecular flexibility index (Phi) is 6.71. The highest BCUT2D eigenvalue weighted by Crippen LogP contribution is 2.13. The second-order valence-corrected chi connectivity index (χ2v) is 5.58. The summed E-state index contributed by atoms with van der Waals surface area (Å²) < 4.78 is 0. The number of nitrogens with two attached hydrogens (primary N) is 1. The first kappa shape index (κ1) is 18.6. The third kappa shape index (κ3) is 6.07. The van der Waals surface area contributed by atoms with E-state index in [0.717, 1.165) is 11.1 Å². The molecule has 126 valence electrons. The lowest BCUT2D eigenvalue weighted by atomic mass is 10.1. The molecule has 0 aromatic heterocycles. The summed E-state index contributed by atoms with van der Waals surface area (Å²) in [5.74, 6) is -2.20. The molecule has 1 aromatic rings. The van der Waals surface area contributed by atoms with E-state index in [-0.39, 0.29) is 11.9 Å². The number of carboxylic acids is 1. The van der Waals surface area contributed by atoms with Crippen LogP contribution in [0.4, 0.5) is 0 Å². The molecule has 1 aromatic carbocycles. The summed E-state index contributed by atoms with van der Waals surface area (Å²) >= 11 is 0. The molecule has 0 heterocycles. The Morgan fingerprint density at radius 2 is 1.65 bits per heavy atom. The maximum atomic E-state index is 12.1. The maximum absolute atomic E-state index is 12.1. The Morgan fingerprint density at radius 1 is 1.09 bits per heavy atom. The molecule has 3 atom stereocenters. The smallest absolute Gasteiger partial charge is 0.305 e. The van der Waals surface area contributed by atoms with Crippen molar-refractivity contribution in [2.45, 2.75) is 45.3 Å². The Balaban J connectivity index is 2.54. The Labute approximate surface area is 135 Å². The molecule has 0 saturated carbocycles. The number of carbonyl (C=O) groups excluding carboxylic acids is 2. The fraction of sp³-hybridized carbons (Fsp3) is 0.438. The molecule has 0 fully saturated rings. The van der Waals surface area contributed by atoms with E-state index in [1.54, 1.807) is 0 Å². The molecule has 23 heavy (non-hydrogen) atoms. The highest BCUT2D eigenvalue weighted by Gasteiger charge is 2.22. The van der Waals surface area contributed by atoms with Gasteiger partial charge in [0, 0.05) is 0 Å². The van der Waals surface area contributed by atoms with Gasteiger partial charge in [0.15, 0.2) is 0 Å². The van der Waals surface area contributed by atoms with Crippen LogP contribution in [-0.4, -0.2) is 35.0 Å². The van der Waals surface area contributed by atoms with Gasteiger partial charge in [0.25, 0.3) is 0 Å². The Hall–Kier alpha value is -2.41. The van der Waals surface area contributed by atoms with Crippen LogP contribution in [0.2, 0.25) is 0 Å². The molecule has 5 N–H and O–H groups in total. The van der Waals surface area contributed by atoms with Gasteiger partial charge in [-0.1, -0.05) is 29.8 Å². The number of carboxylic acid groups (broad SMARTS) is 1. The van der Waals surface area contributed by atoms with Crippen LogP contribution in [0, 0.1) is 6.92 Å². The van der Waals surface area contributed by atoms with Crippen molar-refractivity contribution in [3.8, 4) is 0 Å². The fourth-order valence-corrected chi connectivity index (χ4v) is 1.94. The van der Waals surface area contributed by atoms with Crippen LogP contribution in [0.1, 0.15) is 37.4 Å². The summed E-state index contributed by atoms with van der Waals surface area (Å²) in [7, 11) is 0. The molecule has 0 aliphatic carbocycles. The molecule has 0 radical (unpaired) electrons. The van der Waals surface area contributed by atoms with Gasteiger partial charge in [0.05, 0.1) is 18.5 Å². The average Bonchev–Trinajstić information content (AvgIpc) is 2.46. The number of nitrogens with one attached hydrogen (secondary N) is 2. The van der Waals surface area contributed by atoms with Crippen molar-refractivity contribution < 1.29 is 19.5 Å². The van der Waals surface area contributed by atoms with Gasteiger partial charge in [-0.05, 0) is 26.3 Å². The van der Waals surface area contributed by atoms with E-state index in [0.29, 0.717) is 0 Å². The van der Waals surface area contributed by atoms with E-state index < -0.39 is 30.4 Å². The highest BCUT2D eigenvalue weighted by molar-refractivity contribution is 5.91. The standard InChI is InChI=1S/C16H23N3O4/c1-9-4-6-12(7-5-9)10(2)18-15(22)11(3)19-16(23)13(17)8-14(20)21/h4-7,10-11,13H,8,17H2,1-3H3,(H,18,22)(H,19,23)(H,20,21)/t10-,11-,13+/m1/s1. The van der Waals surface area contributed by atoms with Crippen LogP contribution < -0.4 is 16.4 Å². The number of aryl methyl sites for hydroxylation is 1. The van der Waals surface area contributed by atoms with Gasteiger partial charge in [-0.25, -0.2) is 0 Å². The third-order valence-electron chi connectivity index (χ3n) is 3.42. The van der Waals surface area contributed by atoms with Crippen molar-refractivity contribution in [2.75, 3.05) is 0 Å². The molecule has 2 amide bonds. The van der Waals surface area contributed by atoms with Crippen LogP contribution in [0.5, 0.6) is 0 Å². The van der Waals surface area contributed by atoms with Crippen molar-refractivity contribution >= 4 is 17.8 Å². The number of benzene rings is 1. The number of amides is 2. The van der Waals surface area contributed by atoms with E-state index in [4.69, 9.17) is 10.8 Å². The number of hydrogen-bond acceptors (Lipinski definition) is 4. The summed E-state index contributed by atoms with van der Waals surface area (Å²) in [6.07, 6.45) is -0.486. The van der Waals surface area contributed by atoms with Gasteiger partial charge in [-0.15, -0.1) is 0 Å². The van der Waals surface area contributed by atoms with Crippen molar-refractivity contribution in [3.05, 3.63) is 35.4 Å². The van der Waals surface area contributed by atoms with Gasteiger partial charge < -0.3 is 21.5 Å². The summed E-state index contributed by atoms with van der Waals surface area (Å²) in [5, 5.41) is 13.8. The predicted molar refractivity (Wildman–Crippen MR) is 85.6 cm³/mol. The minimum Gasteiger partial charge on any atom is -0.481 e. The molecule has 0 unspecified atom stereocenters. The molecule has 0 aliphatic heterocycles. The van der Waals surface area contributed by atoms with Crippen LogP contribution >= 0.6 is 0 Å². The Morgan fingerprint density at radius 3 is 2.17 bits per heavy atom. The molecule has 1 rings (SSSR count). The van der Waals surface area contributed by atoms with Crippen molar-refractivity contribution in [1.29, 1.82) is 0 Å². The van der Waals surface area contributed by atoms with E-state index >= 15 is 0 Å². The van der Waals surface area contributed by atoms with E-state index in [2.05, 4.69) is 10.6 Å². The lowest BCUT2D eigenvalue weighted by Gasteiger charge is -2.20. The summed E-state index contributed by atoms with van der Waals surface area (Å²) in [6, 6.07) is 5.54. The summed E-state index contributed by atoms with van der Waals surface area (Å²) in [6.45, 7) is 5.33. The normalized spacial score (nSPS) is 14.4. The topological polar surface area (TPSA) is 122 Å². The molecular formula is C16H23N3O4. The van der Waals surface area contributed by atoms with E-state index in [1.807, 2.05) is 38.1 Å². The van der Waals surface area contributed by atoms with Gasteiger partial charge in [0.1, 0.15) is 6.04 Å². The fourth-order valence-electron chi connectivity index (χ4n) is 1.94. The lowest BCUT2D eigenvalue weighted by Crippen LogP contribution is -2.51. The van der Waals surface area contributed by atoms with Crippen LogP contribution in [0.3, 0.4) is 0 Å².